The summed E-state index contributed by atoms with van der Waals surface area (Å²) in [5, 5.41) is 3.00. The molecule has 84 valence electrons. The first-order valence-corrected chi connectivity index (χ1v) is 5.86. The summed E-state index contributed by atoms with van der Waals surface area (Å²) in [5.74, 6) is -0.126. The van der Waals surface area contributed by atoms with Gasteiger partial charge in [0.25, 0.3) is 0 Å². The lowest BCUT2D eigenvalue weighted by Gasteiger charge is -2.20. The summed E-state index contributed by atoms with van der Waals surface area (Å²) in [6.07, 6.45) is 0. The average molecular weight is 227 g/mol. The van der Waals surface area contributed by atoms with Crippen molar-refractivity contribution < 1.29 is 4.39 Å². The average Bonchev–Trinajstić information content (AvgIpc) is 2.08. The highest BCUT2D eigenvalue weighted by Gasteiger charge is 2.16. The lowest BCUT2D eigenvalue weighted by Crippen LogP contribution is -2.12. The fraction of sp³-hybridized carbons (Fsp3) is 0.500. The Bertz CT molecular complexity index is 331. The highest BCUT2D eigenvalue weighted by molar-refractivity contribution is 8.00. The van der Waals surface area contributed by atoms with Gasteiger partial charge in [-0.25, -0.2) is 4.39 Å². The fourth-order valence-corrected chi connectivity index (χ4v) is 2.41. The van der Waals surface area contributed by atoms with Crippen LogP contribution in [0.25, 0.3) is 0 Å². The van der Waals surface area contributed by atoms with Crippen LogP contribution >= 0.6 is 11.8 Å². The molecule has 0 aromatic heterocycles. The molecule has 0 saturated heterocycles. The van der Waals surface area contributed by atoms with Gasteiger partial charge in [0.15, 0.2) is 0 Å². The Morgan fingerprint density at radius 1 is 1.33 bits per heavy atom. The van der Waals surface area contributed by atoms with E-state index in [1.807, 2.05) is 13.1 Å². The predicted molar refractivity (Wildman–Crippen MR) is 64.8 cm³/mol. The number of halogens is 1. The molecule has 0 unspecified atom stereocenters. The van der Waals surface area contributed by atoms with E-state index in [9.17, 15) is 4.39 Å². The highest BCUT2D eigenvalue weighted by atomic mass is 32.2. The van der Waals surface area contributed by atoms with Crippen LogP contribution in [0.2, 0.25) is 0 Å². The van der Waals surface area contributed by atoms with Crippen LogP contribution in [0.3, 0.4) is 0 Å². The van der Waals surface area contributed by atoms with Crippen LogP contribution in [0.1, 0.15) is 26.3 Å². The van der Waals surface area contributed by atoms with Crippen molar-refractivity contribution in [3.8, 4) is 0 Å². The van der Waals surface area contributed by atoms with Gasteiger partial charge in [-0.2, -0.15) is 0 Å². The van der Waals surface area contributed by atoms with E-state index in [4.69, 9.17) is 0 Å². The van der Waals surface area contributed by atoms with Gasteiger partial charge in [-0.3, -0.25) is 0 Å². The zero-order valence-electron chi connectivity index (χ0n) is 9.73. The SMILES string of the molecule is CNCc1c(F)cccc1SC(C)(C)C. The van der Waals surface area contributed by atoms with Gasteiger partial charge in [0, 0.05) is 21.8 Å². The molecular formula is C12H18FNS. The van der Waals surface area contributed by atoms with Crippen LogP contribution < -0.4 is 5.32 Å². The smallest absolute Gasteiger partial charge is 0.128 e. The molecule has 0 fully saturated rings. The van der Waals surface area contributed by atoms with Gasteiger partial charge in [0.1, 0.15) is 5.82 Å². The van der Waals surface area contributed by atoms with Crippen LogP contribution in [0, 0.1) is 5.82 Å². The fourth-order valence-electron chi connectivity index (χ4n) is 1.31. The van der Waals surface area contributed by atoms with Gasteiger partial charge in [0.05, 0.1) is 0 Å². The summed E-state index contributed by atoms with van der Waals surface area (Å²) >= 11 is 1.70. The molecule has 3 heteroatoms. The number of rotatable bonds is 3. The number of hydrogen-bond donors (Lipinski definition) is 1. The van der Waals surface area contributed by atoms with E-state index >= 15 is 0 Å². The largest absolute Gasteiger partial charge is 0.316 e. The van der Waals surface area contributed by atoms with E-state index in [-0.39, 0.29) is 10.6 Å². The summed E-state index contributed by atoms with van der Waals surface area (Å²) < 4.78 is 13.7. The van der Waals surface area contributed by atoms with E-state index in [0.717, 1.165) is 10.5 Å². The molecule has 1 aromatic carbocycles. The van der Waals surface area contributed by atoms with E-state index in [1.165, 1.54) is 6.07 Å². The molecule has 0 radical (unpaired) electrons. The summed E-state index contributed by atoms with van der Waals surface area (Å²) in [6.45, 7) is 6.97. The first kappa shape index (κ1) is 12.5. The molecule has 0 amide bonds. The van der Waals surface area contributed by atoms with Gasteiger partial charge in [-0.15, -0.1) is 11.8 Å². The van der Waals surface area contributed by atoms with Crippen LogP contribution in [0.4, 0.5) is 4.39 Å². The van der Waals surface area contributed by atoms with Crippen molar-refractivity contribution in [3.63, 3.8) is 0 Å². The maximum Gasteiger partial charge on any atom is 0.128 e. The molecule has 1 rings (SSSR count). The molecule has 1 N–H and O–H groups in total. The molecule has 0 aliphatic carbocycles. The minimum Gasteiger partial charge on any atom is -0.316 e. The van der Waals surface area contributed by atoms with Gasteiger partial charge in [-0.05, 0) is 19.2 Å². The van der Waals surface area contributed by atoms with Crippen molar-refractivity contribution in [1.29, 1.82) is 0 Å². The first-order chi connectivity index (χ1) is 6.94. The molecule has 0 aliphatic rings. The molecule has 15 heavy (non-hydrogen) atoms. The van der Waals surface area contributed by atoms with Gasteiger partial charge in [0.2, 0.25) is 0 Å². The van der Waals surface area contributed by atoms with Crippen LogP contribution in [-0.2, 0) is 6.54 Å². The van der Waals surface area contributed by atoms with Crippen molar-refractivity contribution in [2.24, 2.45) is 0 Å². The Morgan fingerprint density at radius 3 is 2.53 bits per heavy atom. The predicted octanol–water partition coefficient (Wildman–Crippen LogP) is 3.44. The second-order valence-corrected chi connectivity index (χ2v) is 6.33. The molecule has 1 nitrogen and oxygen atoms in total. The minimum atomic E-state index is -0.126. The Kier molecular flexibility index (Phi) is 4.17. The van der Waals surface area contributed by atoms with Crippen molar-refractivity contribution >= 4 is 11.8 Å². The maximum absolute atomic E-state index is 13.6. The lowest BCUT2D eigenvalue weighted by atomic mass is 10.2. The Balaban J connectivity index is 3.00. The van der Waals surface area contributed by atoms with Crippen molar-refractivity contribution in [2.45, 2.75) is 37.0 Å². The third-order valence-electron chi connectivity index (χ3n) is 1.85. The third kappa shape index (κ3) is 3.84. The lowest BCUT2D eigenvalue weighted by molar-refractivity contribution is 0.593. The number of hydrogen-bond acceptors (Lipinski definition) is 2. The Morgan fingerprint density at radius 2 is 2.00 bits per heavy atom. The van der Waals surface area contributed by atoms with Crippen molar-refractivity contribution in [2.75, 3.05) is 7.05 Å². The Labute approximate surface area is 95.5 Å². The Hall–Kier alpha value is -0.540. The quantitative estimate of drug-likeness (QED) is 0.794. The van der Waals surface area contributed by atoms with Gasteiger partial charge >= 0.3 is 0 Å². The monoisotopic (exact) mass is 227 g/mol. The molecule has 1 aromatic rings. The number of thioether (sulfide) groups is 1. The topological polar surface area (TPSA) is 12.0 Å². The molecule has 0 aliphatic heterocycles. The normalized spacial score (nSPS) is 11.8. The van der Waals surface area contributed by atoms with Gasteiger partial charge in [-0.1, -0.05) is 26.8 Å². The zero-order chi connectivity index (χ0) is 11.5. The third-order valence-corrected chi connectivity index (χ3v) is 3.06. The standard InChI is InChI=1S/C12H18FNS/c1-12(2,3)15-11-7-5-6-10(13)9(11)8-14-4/h5-7,14H,8H2,1-4H3. The highest BCUT2D eigenvalue weighted by Crippen LogP contribution is 2.34. The maximum atomic E-state index is 13.6. The van der Waals surface area contributed by atoms with E-state index < -0.39 is 0 Å². The number of benzene rings is 1. The summed E-state index contributed by atoms with van der Waals surface area (Å²) in [7, 11) is 1.83. The van der Waals surface area contributed by atoms with E-state index in [0.29, 0.717) is 6.54 Å². The van der Waals surface area contributed by atoms with Crippen LogP contribution in [0.15, 0.2) is 23.1 Å². The van der Waals surface area contributed by atoms with Crippen molar-refractivity contribution in [1.82, 2.24) is 5.32 Å². The summed E-state index contributed by atoms with van der Waals surface area (Å²) in [6, 6.07) is 5.26. The second-order valence-electron chi connectivity index (χ2n) is 4.46. The molecule has 0 bridgehead atoms. The van der Waals surface area contributed by atoms with E-state index in [2.05, 4.69) is 26.1 Å². The molecule has 0 heterocycles. The summed E-state index contributed by atoms with van der Waals surface area (Å²) in [5.41, 5.74) is 0.764. The zero-order valence-corrected chi connectivity index (χ0v) is 10.5. The van der Waals surface area contributed by atoms with Crippen molar-refractivity contribution in [3.05, 3.63) is 29.6 Å². The first-order valence-electron chi connectivity index (χ1n) is 5.05. The van der Waals surface area contributed by atoms with Gasteiger partial charge < -0.3 is 5.32 Å². The molecular weight excluding hydrogens is 209 g/mol. The second kappa shape index (κ2) is 4.99. The van der Waals surface area contributed by atoms with E-state index in [1.54, 1.807) is 17.8 Å². The summed E-state index contributed by atoms with van der Waals surface area (Å²) in [4.78, 5) is 1.02. The molecule has 0 atom stereocenters. The minimum absolute atomic E-state index is 0.107. The molecule has 0 spiro atoms. The molecule has 0 saturated carbocycles. The van der Waals surface area contributed by atoms with Crippen LogP contribution in [0.5, 0.6) is 0 Å². The van der Waals surface area contributed by atoms with Crippen LogP contribution in [-0.4, -0.2) is 11.8 Å². The number of nitrogens with one attached hydrogen (secondary N) is 1.